The fourth-order valence-electron chi connectivity index (χ4n) is 1.58. The van der Waals surface area contributed by atoms with Crippen LogP contribution in [0.3, 0.4) is 0 Å². The number of benzene rings is 1. The molecule has 0 spiro atoms. The van der Waals surface area contributed by atoms with E-state index in [4.69, 9.17) is 12.2 Å². The first-order valence-corrected chi connectivity index (χ1v) is 5.74. The normalized spacial score (nSPS) is 17.3. The first-order valence-electron chi connectivity index (χ1n) is 5.33. The molecule has 2 rings (SSSR count). The van der Waals surface area contributed by atoms with Gasteiger partial charge in [0.05, 0.1) is 0 Å². The van der Waals surface area contributed by atoms with Crippen LogP contribution in [0.1, 0.15) is 5.56 Å². The molecule has 1 aromatic rings. The van der Waals surface area contributed by atoms with E-state index in [-0.39, 0.29) is 22.5 Å². The van der Waals surface area contributed by atoms with Crippen LogP contribution in [0.15, 0.2) is 30.0 Å². The van der Waals surface area contributed by atoms with Crippen molar-refractivity contribution in [2.75, 3.05) is 7.05 Å². The van der Waals surface area contributed by atoms with Crippen LogP contribution in [0.25, 0.3) is 6.08 Å². The SMILES string of the molecule is CN1C(=O)/C(=C\c2ccccc2OC(F)F)NC1=S. The number of carbonyl (C=O) groups is 1. The van der Waals surface area contributed by atoms with E-state index < -0.39 is 6.61 Å². The first-order chi connectivity index (χ1) is 8.99. The molecule has 7 heteroatoms. The fourth-order valence-corrected chi connectivity index (χ4v) is 1.77. The van der Waals surface area contributed by atoms with E-state index in [9.17, 15) is 13.6 Å². The van der Waals surface area contributed by atoms with Gasteiger partial charge in [-0.1, -0.05) is 18.2 Å². The van der Waals surface area contributed by atoms with E-state index in [2.05, 4.69) is 10.1 Å². The smallest absolute Gasteiger partial charge is 0.387 e. The number of halogens is 2. The Kier molecular flexibility index (Phi) is 3.75. The Labute approximate surface area is 113 Å². The molecule has 1 N–H and O–H groups in total. The van der Waals surface area contributed by atoms with Gasteiger partial charge < -0.3 is 10.1 Å². The lowest BCUT2D eigenvalue weighted by Gasteiger charge is -2.07. The van der Waals surface area contributed by atoms with Crippen molar-refractivity contribution in [2.45, 2.75) is 6.61 Å². The Bertz CT molecular complexity index is 560. The predicted molar refractivity (Wildman–Crippen MR) is 69.6 cm³/mol. The second-order valence-corrected chi connectivity index (χ2v) is 4.16. The minimum atomic E-state index is -2.92. The van der Waals surface area contributed by atoms with Crippen molar-refractivity contribution < 1.29 is 18.3 Å². The van der Waals surface area contributed by atoms with Gasteiger partial charge in [-0.05, 0) is 24.4 Å². The number of amides is 1. The van der Waals surface area contributed by atoms with Gasteiger partial charge in [0.1, 0.15) is 11.4 Å². The second-order valence-electron chi connectivity index (χ2n) is 3.77. The topological polar surface area (TPSA) is 41.6 Å². The fraction of sp³-hybridized carbons (Fsp3) is 0.167. The van der Waals surface area contributed by atoms with E-state index in [1.807, 2.05) is 0 Å². The van der Waals surface area contributed by atoms with Crippen LogP contribution in [-0.2, 0) is 4.79 Å². The van der Waals surface area contributed by atoms with Gasteiger partial charge in [-0.2, -0.15) is 8.78 Å². The summed E-state index contributed by atoms with van der Waals surface area (Å²) in [5.74, 6) is -0.322. The molecule has 19 heavy (non-hydrogen) atoms. The number of hydrogen-bond acceptors (Lipinski definition) is 3. The van der Waals surface area contributed by atoms with E-state index >= 15 is 0 Å². The number of thiocarbonyl (C=S) groups is 1. The van der Waals surface area contributed by atoms with E-state index in [1.54, 1.807) is 18.2 Å². The molecule has 1 fully saturated rings. The van der Waals surface area contributed by atoms with Crippen LogP contribution in [0.5, 0.6) is 5.75 Å². The van der Waals surface area contributed by atoms with Gasteiger partial charge in [0, 0.05) is 12.6 Å². The number of likely N-dealkylation sites (N-methyl/N-ethyl adjacent to an activating group) is 1. The largest absolute Gasteiger partial charge is 0.434 e. The van der Waals surface area contributed by atoms with Crippen LogP contribution in [0, 0.1) is 0 Å². The predicted octanol–water partition coefficient (Wildman–Crippen LogP) is 1.98. The highest BCUT2D eigenvalue weighted by molar-refractivity contribution is 7.80. The van der Waals surface area contributed by atoms with Crippen molar-refractivity contribution in [2.24, 2.45) is 0 Å². The summed E-state index contributed by atoms with van der Waals surface area (Å²) >= 11 is 4.92. The van der Waals surface area contributed by atoms with Crippen molar-refractivity contribution >= 4 is 29.3 Å². The lowest BCUT2D eigenvalue weighted by molar-refractivity contribution is -0.121. The van der Waals surface area contributed by atoms with Gasteiger partial charge in [0.2, 0.25) is 0 Å². The first kappa shape index (κ1) is 13.4. The van der Waals surface area contributed by atoms with Gasteiger partial charge >= 0.3 is 6.61 Å². The Balaban J connectivity index is 2.33. The molecule has 4 nitrogen and oxygen atoms in total. The Morgan fingerprint density at radius 3 is 2.68 bits per heavy atom. The van der Waals surface area contributed by atoms with Gasteiger partial charge in [-0.25, -0.2) is 0 Å². The maximum atomic E-state index is 12.3. The molecule has 1 aliphatic heterocycles. The van der Waals surface area contributed by atoms with E-state index in [0.29, 0.717) is 5.56 Å². The highest BCUT2D eigenvalue weighted by Gasteiger charge is 2.27. The third-order valence-corrected chi connectivity index (χ3v) is 2.89. The van der Waals surface area contributed by atoms with Gasteiger partial charge in [-0.3, -0.25) is 9.69 Å². The molecule has 0 saturated carbocycles. The molecule has 0 aliphatic carbocycles. The van der Waals surface area contributed by atoms with E-state index in [1.165, 1.54) is 24.1 Å². The third kappa shape index (κ3) is 2.87. The van der Waals surface area contributed by atoms with Crippen LogP contribution in [0.2, 0.25) is 0 Å². The highest BCUT2D eigenvalue weighted by atomic mass is 32.1. The molecule has 1 aliphatic rings. The molecular formula is C12H10F2N2O2S. The summed E-state index contributed by atoms with van der Waals surface area (Å²) in [6.07, 6.45) is 1.43. The summed E-state index contributed by atoms with van der Waals surface area (Å²) in [5, 5.41) is 2.98. The maximum absolute atomic E-state index is 12.3. The third-order valence-electron chi connectivity index (χ3n) is 2.52. The van der Waals surface area contributed by atoms with Crippen LogP contribution < -0.4 is 10.1 Å². The molecule has 1 heterocycles. The quantitative estimate of drug-likeness (QED) is 0.680. The Morgan fingerprint density at radius 2 is 2.11 bits per heavy atom. The summed E-state index contributed by atoms with van der Waals surface area (Å²) in [6.45, 7) is -2.92. The minimum Gasteiger partial charge on any atom is -0.434 e. The number of alkyl halides is 2. The van der Waals surface area contributed by atoms with Crippen LogP contribution in [0.4, 0.5) is 8.78 Å². The maximum Gasteiger partial charge on any atom is 0.387 e. The molecule has 1 amide bonds. The molecule has 100 valence electrons. The van der Waals surface area contributed by atoms with Crippen LogP contribution >= 0.6 is 12.2 Å². The summed E-state index contributed by atoms with van der Waals surface area (Å²) in [5.41, 5.74) is 0.592. The minimum absolute atomic E-state index is 0.0000661. The molecule has 0 atom stereocenters. The lowest BCUT2D eigenvalue weighted by Crippen LogP contribution is -2.25. The molecule has 0 radical (unpaired) electrons. The standard InChI is InChI=1S/C12H10F2N2O2S/c1-16-10(17)8(15-12(16)19)6-7-4-2-3-5-9(7)18-11(13)14/h2-6,11H,1H3,(H,15,19)/b8-6+. The summed E-state index contributed by atoms with van der Waals surface area (Å²) in [7, 11) is 1.53. The Morgan fingerprint density at radius 1 is 1.42 bits per heavy atom. The van der Waals surface area contributed by atoms with Crippen molar-refractivity contribution in [1.29, 1.82) is 0 Å². The van der Waals surface area contributed by atoms with Gasteiger partial charge in [0.25, 0.3) is 5.91 Å². The molecule has 1 saturated heterocycles. The monoisotopic (exact) mass is 284 g/mol. The van der Waals surface area contributed by atoms with Crippen LogP contribution in [-0.4, -0.2) is 29.6 Å². The second kappa shape index (κ2) is 5.31. The molecule has 0 unspecified atom stereocenters. The number of hydrogen-bond donors (Lipinski definition) is 1. The molecule has 0 bridgehead atoms. The summed E-state index contributed by atoms with van der Waals surface area (Å²) in [4.78, 5) is 13.0. The Hall–Kier alpha value is -2.02. The lowest BCUT2D eigenvalue weighted by atomic mass is 10.1. The summed E-state index contributed by atoms with van der Waals surface area (Å²) < 4.78 is 28.9. The van der Waals surface area contributed by atoms with Gasteiger partial charge in [-0.15, -0.1) is 0 Å². The molecule has 0 aromatic heterocycles. The number of ether oxygens (including phenoxy) is 1. The average molecular weight is 284 g/mol. The number of para-hydroxylation sites is 1. The number of carbonyl (C=O) groups excluding carboxylic acids is 1. The van der Waals surface area contributed by atoms with Crippen molar-refractivity contribution in [3.63, 3.8) is 0 Å². The molecular weight excluding hydrogens is 274 g/mol. The average Bonchev–Trinajstić information content (AvgIpc) is 2.59. The zero-order chi connectivity index (χ0) is 14.0. The van der Waals surface area contributed by atoms with E-state index in [0.717, 1.165) is 0 Å². The van der Waals surface area contributed by atoms with Crippen molar-refractivity contribution in [1.82, 2.24) is 10.2 Å². The van der Waals surface area contributed by atoms with Gasteiger partial charge in [0.15, 0.2) is 5.11 Å². The zero-order valence-electron chi connectivity index (χ0n) is 9.89. The summed E-state index contributed by atoms with van der Waals surface area (Å²) in [6, 6.07) is 6.20. The number of nitrogens with one attached hydrogen (secondary N) is 1. The number of rotatable bonds is 3. The molecule has 1 aromatic carbocycles. The van der Waals surface area contributed by atoms with Crippen molar-refractivity contribution in [3.8, 4) is 5.75 Å². The number of nitrogens with zero attached hydrogens (tertiary/aromatic N) is 1. The highest BCUT2D eigenvalue weighted by Crippen LogP contribution is 2.23. The zero-order valence-corrected chi connectivity index (χ0v) is 10.7. The van der Waals surface area contributed by atoms with Crippen molar-refractivity contribution in [3.05, 3.63) is 35.5 Å².